The van der Waals surface area contributed by atoms with Crippen molar-refractivity contribution in [2.24, 2.45) is 5.16 Å². The molecule has 0 N–H and O–H groups in total. The fourth-order valence-corrected chi connectivity index (χ4v) is 1.91. The van der Waals surface area contributed by atoms with Crippen molar-refractivity contribution in [3.63, 3.8) is 0 Å². The van der Waals surface area contributed by atoms with Gasteiger partial charge in [0, 0.05) is 10.9 Å². The monoisotopic (exact) mass is 293 g/mol. The van der Waals surface area contributed by atoms with Gasteiger partial charge < -0.3 is 4.84 Å². The predicted molar refractivity (Wildman–Crippen MR) is 72.3 cm³/mol. The number of thiophene rings is 1. The molecule has 0 fully saturated rings. The number of rotatable bonds is 5. The Balaban J connectivity index is 2.22. The van der Waals surface area contributed by atoms with Crippen LogP contribution in [-0.2, 0) is 0 Å². The quantitative estimate of drug-likeness (QED) is 0.478. The third kappa shape index (κ3) is 3.14. The molecule has 0 radical (unpaired) electrons. The fourth-order valence-electron chi connectivity index (χ4n) is 1.34. The zero-order valence-corrected chi connectivity index (χ0v) is 10.6. The summed E-state index contributed by atoms with van der Waals surface area (Å²) in [6.45, 7) is 0. The maximum absolute atomic E-state index is 10.8. The second-order valence-electron chi connectivity index (χ2n) is 3.51. The van der Waals surface area contributed by atoms with E-state index in [0.717, 1.165) is 23.1 Å². The number of nitro benzene ring substituents is 2. The van der Waals surface area contributed by atoms with Gasteiger partial charge in [0.05, 0.1) is 22.1 Å². The Morgan fingerprint density at radius 1 is 1.20 bits per heavy atom. The van der Waals surface area contributed by atoms with Crippen LogP contribution in [0.2, 0.25) is 0 Å². The Morgan fingerprint density at radius 2 is 2.00 bits per heavy atom. The second-order valence-corrected chi connectivity index (χ2v) is 4.49. The van der Waals surface area contributed by atoms with Gasteiger partial charge in [0.1, 0.15) is 0 Å². The van der Waals surface area contributed by atoms with Crippen molar-refractivity contribution in [1.82, 2.24) is 0 Å². The Labute approximate surface area is 116 Å². The summed E-state index contributed by atoms with van der Waals surface area (Å²) < 4.78 is 0. The number of oxime groups is 1. The summed E-state index contributed by atoms with van der Waals surface area (Å²) in [7, 11) is 0. The van der Waals surface area contributed by atoms with Gasteiger partial charge in [-0.15, -0.1) is 11.3 Å². The van der Waals surface area contributed by atoms with Crippen molar-refractivity contribution in [3.8, 4) is 5.75 Å². The van der Waals surface area contributed by atoms with Crippen LogP contribution in [0.25, 0.3) is 0 Å². The van der Waals surface area contributed by atoms with Crippen molar-refractivity contribution in [3.05, 3.63) is 60.8 Å². The van der Waals surface area contributed by atoms with E-state index in [-0.39, 0.29) is 11.4 Å². The normalized spacial score (nSPS) is 10.6. The number of nitro groups is 2. The average Bonchev–Trinajstić information content (AvgIpc) is 2.91. The van der Waals surface area contributed by atoms with Gasteiger partial charge in [0.25, 0.3) is 5.69 Å². The second kappa shape index (κ2) is 5.89. The van der Waals surface area contributed by atoms with Crippen LogP contribution in [-0.4, -0.2) is 16.1 Å². The molecule has 102 valence electrons. The molecule has 0 bridgehead atoms. The molecular weight excluding hydrogens is 286 g/mol. The minimum absolute atomic E-state index is 0.159. The van der Waals surface area contributed by atoms with Crippen LogP contribution >= 0.6 is 11.3 Å². The first-order chi connectivity index (χ1) is 9.58. The zero-order chi connectivity index (χ0) is 14.5. The first-order valence-electron chi connectivity index (χ1n) is 5.24. The van der Waals surface area contributed by atoms with Crippen molar-refractivity contribution in [2.75, 3.05) is 0 Å². The number of non-ortho nitro benzene ring substituents is 1. The van der Waals surface area contributed by atoms with Crippen LogP contribution in [0.1, 0.15) is 4.88 Å². The van der Waals surface area contributed by atoms with Crippen LogP contribution in [0.5, 0.6) is 5.75 Å². The minimum atomic E-state index is -0.761. The van der Waals surface area contributed by atoms with Crippen LogP contribution in [0.4, 0.5) is 11.4 Å². The summed E-state index contributed by atoms with van der Waals surface area (Å²) in [5.41, 5.74) is -0.895. The van der Waals surface area contributed by atoms with Gasteiger partial charge in [-0.1, -0.05) is 11.2 Å². The smallest absolute Gasteiger partial charge is 0.321 e. The molecule has 0 amide bonds. The van der Waals surface area contributed by atoms with Crippen molar-refractivity contribution in [1.29, 1.82) is 0 Å². The average molecular weight is 293 g/mol. The number of benzene rings is 1. The molecule has 0 unspecified atom stereocenters. The molecule has 2 rings (SSSR count). The zero-order valence-electron chi connectivity index (χ0n) is 9.83. The van der Waals surface area contributed by atoms with Crippen LogP contribution in [0.3, 0.4) is 0 Å². The van der Waals surface area contributed by atoms with Crippen molar-refractivity contribution < 1.29 is 14.7 Å². The summed E-state index contributed by atoms with van der Waals surface area (Å²) in [5.74, 6) is -0.159. The SMILES string of the molecule is O=[N+]([O-])c1ccc(O/N=C/c2cccs2)c([N+](=O)[O-])c1. The Morgan fingerprint density at radius 3 is 2.60 bits per heavy atom. The molecule has 20 heavy (non-hydrogen) atoms. The summed E-state index contributed by atoms with van der Waals surface area (Å²) in [6.07, 6.45) is 1.40. The molecule has 0 aliphatic carbocycles. The van der Waals surface area contributed by atoms with E-state index in [4.69, 9.17) is 4.84 Å². The van der Waals surface area contributed by atoms with E-state index in [1.165, 1.54) is 17.6 Å². The van der Waals surface area contributed by atoms with E-state index in [1.807, 2.05) is 11.4 Å². The minimum Gasteiger partial charge on any atom is -0.350 e. The van der Waals surface area contributed by atoms with E-state index in [9.17, 15) is 20.2 Å². The molecule has 0 saturated carbocycles. The topological polar surface area (TPSA) is 108 Å². The Bertz CT molecular complexity index is 669. The van der Waals surface area contributed by atoms with Crippen molar-refractivity contribution in [2.45, 2.75) is 0 Å². The lowest BCUT2D eigenvalue weighted by atomic mass is 10.2. The summed E-state index contributed by atoms with van der Waals surface area (Å²) in [6, 6.07) is 6.70. The largest absolute Gasteiger partial charge is 0.350 e. The van der Waals surface area contributed by atoms with Crippen LogP contribution in [0, 0.1) is 20.2 Å². The Hall–Kier alpha value is -2.81. The molecule has 0 saturated heterocycles. The first kappa shape index (κ1) is 13.6. The standard InChI is InChI=1S/C11H7N3O5S/c15-13(16)8-3-4-11(10(6-8)14(17)18)19-12-7-9-2-1-5-20-9/h1-7H/b12-7+. The Kier molecular flexibility index (Phi) is 4.01. The number of hydrogen-bond acceptors (Lipinski definition) is 7. The third-order valence-corrected chi connectivity index (χ3v) is 3.03. The van der Waals surface area contributed by atoms with Gasteiger partial charge in [-0.05, 0) is 17.5 Å². The van der Waals surface area contributed by atoms with Gasteiger partial charge in [-0.3, -0.25) is 20.2 Å². The number of hydrogen-bond donors (Lipinski definition) is 0. The van der Waals surface area contributed by atoms with Gasteiger partial charge in [-0.25, -0.2) is 0 Å². The van der Waals surface area contributed by atoms with Crippen molar-refractivity contribution >= 4 is 28.9 Å². The van der Waals surface area contributed by atoms with E-state index in [0.29, 0.717) is 0 Å². The summed E-state index contributed by atoms with van der Waals surface area (Å²) >= 11 is 1.42. The first-order valence-corrected chi connectivity index (χ1v) is 6.12. The van der Waals surface area contributed by atoms with Gasteiger partial charge in [0.2, 0.25) is 5.75 Å². The highest BCUT2D eigenvalue weighted by Crippen LogP contribution is 2.31. The lowest BCUT2D eigenvalue weighted by molar-refractivity contribution is -0.394. The van der Waals surface area contributed by atoms with Crippen LogP contribution in [0.15, 0.2) is 40.9 Å². The molecule has 0 atom stereocenters. The molecule has 0 aliphatic rings. The lowest BCUT2D eigenvalue weighted by Crippen LogP contribution is -1.96. The lowest BCUT2D eigenvalue weighted by Gasteiger charge is -1.99. The van der Waals surface area contributed by atoms with Gasteiger partial charge in [0.15, 0.2) is 0 Å². The molecule has 0 spiro atoms. The maximum Gasteiger partial charge on any atom is 0.321 e. The predicted octanol–water partition coefficient (Wildman–Crippen LogP) is 2.98. The van der Waals surface area contributed by atoms with E-state index < -0.39 is 15.5 Å². The van der Waals surface area contributed by atoms with Gasteiger partial charge >= 0.3 is 5.69 Å². The molecule has 8 nitrogen and oxygen atoms in total. The molecular formula is C11H7N3O5S. The number of nitrogens with zero attached hydrogens (tertiary/aromatic N) is 3. The molecule has 1 aromatic heterocycles. The van der Waals surface area contributed by atoms with E-state index in [1.54, 1.807) is 6.07 Å². The van der Waals surface area contributed by atoms with E-state index in [2.05, 4.69) is 5.16 Å². The molecule has 1 aromatic carbocycles. The highest BCUT2D eigenvalue weighted by molar-refractivity contribution is 7.11. The maximum atomic E-state index is 10.8. The molecule has 2 aromatic rings. The highest BCUT2D eigenvalue weighted by atomic mass is 32.1. The van der Waals surface area contributed by atoms with E-state index >= 15 is 0 Å². The summed E-state index contributed by atoms with van der Waals surface area (Å²) in [5, 5.41) is 26.9. The fraction of sp³-hybridized carbons (Fsp3) is 0. The highest BCUT2D eigenvalue weighted by Gasteiger charge is 2.20. The molecule has 0 aliphatic heterocycles. The molecule has 1 heterocycles. The van der Waals surface area contributed by atoms with Crippen LogP contribution < -0.4 is 4.84 Å². The van der Waals surface area contributed by atoms with Gasteiger partial charge in [-0.2, -0.15) is 0 Å². The third-order valence-electron chi connectivity index (χ3n) is 2.22. The summed E-state index contributed by atoms with van der Waals surface area (Å²) in [4.78, 5) is 25.7. The molecule has 9 heteroatoms.